The molecule has 21 heavy (non-hydrogen) atoms. The van der Waals surface area contributed by atoms with Crippen LogP contribution in [0.5, 0.6) is 5.75 Å². The van der Waals surface area contributed by atoms with Crippen LogP contribution in [0.25, 0.3) is 0 Å². The normalized spacial score (nSPS) is 17.2. The number of rotatable bonds is 3. The summed E-state index contributed by atoms with van der Waals surface area (Å²) in [6, 6.07) is 13.0. The van der Waals surface area contributed by atoms with Gasteiger partial charge >= 0.3 is 0 Å². The van der Waals surface area contributed by atoms with E-state index >= 15 is 0 Å². The fraction of sp³-hybridized carbons (Fsp3) is 0.333. The first kappa shape index (κ1) is 14.3. The van der Waals surface area contributed by atoms with E-state index in [0.717, 1.165) is 35.7 Å². The number of fused-ring (bicyclic) bond motifs is 1. The third kappa shape index (κ3) is 3.16. The molecule has 2 aromatic carbocycles. The average Bonchev–Trinajstić information content (AvgIpc) is 2.49. The molecule has 0 spiro atoms. The molecule has 0 bridgehead atoms. The molecule has 3 rings (SSSR count). The van der Waals surface area contributed by atoms with Crippen LogP contribution in [-0.4, -0.2) is 13.2 Å². The summed E-state index contributed by atoms with van der Waals surface area (Å²) >= 11 is 6.31. The molecular weight excluding hydrogens is 282 g/mol. The van der Waals surface area contributed by atoms with Gasteiger partial charge in [0, 0.05) is 6.04 Å². The van der Waals surface area contributed by atoms with Crippen molar-refractivity contribution >= 4 is 17.3 Å². The smallest absolute Gasteiger partial charge is 0.119 e. The number of nitrogens with one attached hydrogen (secondary N) is 1. The second-order valence-electron chi connectivity index (χ2n) is 5.70. The maximum absolute atomic E-state index is 6.31. The molecule has 2 nitrogen and oxygen atoms in total. The van der Waals surface area contributed by atoms with E-state index in [9.17, 15) is 0 Å². The zero-order chi connectivity index (χ0) is 14.8. The van der Waals surface area contributed by atoms with Crippen LogP contribution in [0, 0.1) is 6.92 Å². The molecule has 0 saturated carbocycles. The summed E-state index contributed by atoms with van der Waals surface area (Å²) in [5.74, 6) is 0.933. The first-order valence-electron chi connectivity index (χ1n) is 7.34. The van der Waals surface area contributed by atoms with Crippen molar-refractivity contribution in [2.24, 2.45) is 0 Å². The molecule has 3 heteroatoms. The predicted molar refractivity (Wildman–Crippen MR) is 88.6 cm³/mol. The number of hydrogen-bond acceptors (Lipinski definition) is 2. The Kier molecular flexibility index (Phi) is 4.07. The maximum atomic E-state index is 6.31. The van der Waals surface area contributed by atoms with Gasteiger partial charge in [-0.05, 0) is 67.1 Å². The van der Waals surface area contributed by atoms with Crippen molar-refractivity contribution in [1.29, 1.82) is 0 Å². The lowest BCUT2D eigenvalue weighted by Gasteiger charge is -2.27. The highest BCUT2D eigenvalue weighted by molar-refractivity contribution is 6.33. The van der Waals surface area contributed by atoms with E-state index in [1.807, 2.05) is 12.1 Å². The lowest BCUT2D eigenvalue weighted by molar-refractivity contribution is 0.413. The number of methoxy groups -OCH3 is 1. The average molecular weight is 302 g/mol. The monoisotopic (exact) mass is 301 g/mol. The number of aryl methyl sites for hydroxylation is 2. The van der Waals surface area contributed by atoms with Crippen molar-refractivity contribution in [3.63, 3.8) is 0 Å². The standard InChI is InChI=1S/C18H20ClNO/c1-12-3-8-18(17(19)9-12)20-15-6-4-13-5-7-16(21-2)11-14(13)10-15/h3,5,7-9,11,15,20H,4,6,10H2,1-2H3. The van der Waals surface area contributed by atoms with Gasteiger partial charge in [0.15, 0.2) is 0 Å². The van der Waals surface area contributed by atoms with Crippen LogP contribution in [0.2, 0.25) is 5.02 Å². The first-order valence-corrected chi connectivity index (χ1v) is 7.72. The van der Waals surface area contributed by atoms with Gasteiger partial charge in [-0.3, -0.25) is 0 Å². The molecule has 2 aromatic rings. The molecule has 0 fully saturated rings. The Morgan fingerprint density at radius 3 is 2.76 bits per heavy atom. The third-order valence-corrected chi connectivity index (χ3v) is 4.44. The summed E-state index contributed by atoms with van der Waals surface area (Å²) in [6.45, 7) is 2.05. The molecule has 0 amide bonds. The molecule has 0 saturated heterocycles. The Morgan fingerprint density at radius 2 is 2.00 bits per heavy atom. The first-order chi connectivity index (χ1) is 10.2. The van der Waals surface area contributed by atoms with Crippen LogP contribution in [0.4, 0.5) is 5.69 Å². The van der Waals surface area contributed by atoms with E-state index in [-0.39, 0.29) is 0 Å². The number of ether oxygens (including phenoxy) is 1. The number of anilines is 1. The highest BCUT2D eigenvalue weighted by Crippen LogP contribution is 2.29. The highest BCUT2D eigenvalue weighted by atomic mass is 35.5. The number of hydrogen-bond donors (Lipinski definition) is 1. The van der Waals surface area contributed by atoms with Crippen LogP contribution < -0.4 is 10.1 Å². The van der Waals surface area contributed by atoms with Gasteiger partial charge in [0.25, 0.3) is 0 Å². The quantitative estimate of drug-likeness (QED) is 0.892. The van der Waals surface area contributed by atoms with Crippen molar-refractivity contribution in [3.05, 3.63) is 58.1 Å². The third-order valence-electron chi connectivity index (χ3n) is 4.13. The molecule has 1 aliphatic carbocycles. The van der Waals surface area contributed by atoms with Gasteiger partial charge in [-0.2, -0.15) is 0 Å². The molecule has 0 heterocycles. The van der Waals surface area contributed by atoms with Crippen molar-refractivity contribution < 1.29 is 4.74 Å². The minimum Gasteiger partial charge on any atom is -0.497 e. The van der Waals surface area contributed by atoms with Gasteiger partial charge in [0.1, 0.15) is 5.75 Å². The zero-order valence-corrected chi connectivity index (χ0v) is 13.2. The summed E-state index contributed by atoms with van der Waals surface area (Å²) in [5.41, 5.74) is 5.02. The fourth-order valence-electron chi connectivity index (χ4n) is 2.94. The molecular formula is C18H20ClNO. The van der Waals surface area contributed by atoms with Crippen LogP contribution in [-0.2, 0) is 12.8 Å². The number of benzene rings is 2. The molecule has 1 atom stereocenters. The minimum absolute atomic E-state index is 0.421. The fourth-order valence-corrected chi connectivity index (χ4v) is 3.23. The summed E-state index contributed by atoms with van der Waals surface area (Å²) in [5, 5.41) is 4.38. The summed E-state index contributed by atoms with van der Waals surface area (Å²) in [4.78, 5) is 0. The Balaban J connectivity index is 1.76. The molecule has 1 unspecified atom stereocenters. The van der Waals surface area contributed by atoms with Gasteiger partial charge < -0.3 is 10.1 Å². The van der Waals surface area contributed by atoms with Crippen LogP contribution in [0.3, 0.4) is 0 Å². The van der Waals surface area contributed by atoms with Crippen molar-refractivity contribution in [3.8, 4) is 5.75 Å². The van der Waals surface area contributed by atoms with Crippen molar-refractivity contribution in [2.75, 3.05) is 12.4 Å². The zero-order valence-electron chi connectivity index (χ0n) is 12.4. The molecule has 110 valence electrons. The second-order valence-corrected chi connectivity index (χ2v) is 6.11. The Labute approximate surface area is 131 Å². The maximum Gasteiger partial charge on any atom is 0.119 e. The Bertz CT molecular complexity index is 654. The van der Waals surface area contributed by atoms with Gasteiger partial charge in [-0.1, -0.05) is 23.7 Å². The second kappa shape index (κ2) is 5.98. The van der Waals surface area contributed by atoms with Crippen LogP contribution >= 0.6 is 11.6 Å². The lowest BCUT2D eigenvalue weighted by Crippen LogP contribution is -2.27. The lowest BCUT2D eigenvalue weighted by atomic mass is 9.88. The Morgan fingerprint density at radius 1 is 1.14 bits per heavy atom. The van der Waals surface area contributed by atoms with Gasteiger partial charge in [-0.15, -0.1) is 0 Å². The summed E-state index contributed by atoms with van der Waals surface area (Å²) < 4.78 is 5.32. The van der Waals surface area contributed by atoms with E-state index in [1.165, 1.54) is 16.7 Å². The van der Waals surface area contributed by atoms with Gasteiger partial charge in [0.2, 0.25) is 0 Å². The summed E-state index contributed by atoms with van der Waals surface area (Å²) in [6.07, 6.45) is 3.24. The van der Waals surface area contributed by atoms with E-state index < -0.39 is 0 Å². The van der Waals surface area contributed by atoms with Gasteiger partial charge in [0.05, 0.1) is 17.8 Å². The van der Waals surface area contributed by atoms with E-state index in [1.54, 1.807) is 7.11 Å². The predicted octanol–water partition coefficient (Wildman–Crippen LogP) is 4.63. The van der Waals surface area contributed by atoms with Crippen LogP contribution in [0.1, 0.15) is 23.1 Å². The van der Waals surface area contributed by atoms with Gasteiger partial charge in [-0.25, -0.2) is 0 Å². The largest absolute Gasteiger partial charge is 0.497 e. The van der Waals surface area contributed by atoms with E-state index in [0.29, 0.717) is 6.04 Å². The molecule has 1 aliphatic rings. The molecule has 0 aromatic heterocycles. The van der Waals surface area contributed by atoms with Crippen molar-refractivity contribution in [2.45, 2.75) is 32.2 Å². The van der Waals surface area contributed by atoms with E-state index in [4.69, 9.17) is 16.3 Å². The Hall–Kier alpha value is -1.67. The highest BCUT2D eigenvalue weighted by Gasteiger charge is 2.19. The number of halogens is 1. The van der Waals surface area contributed by atoms with Crippen molar-refractivity contribution in [1.82, 2.24) is 0 Å². The molecule has 0 aliphatic heterocycles. The summed E-state index contributed by atoms with van der Waals surface area (Å²) in [7, 11) is 1.71. The SMILES string of the molecule is COc1ccc2c(c1)CC(Nc1ccc(C)cc1Cl)CC2. The topological polar surface area (TPSA) is 21.3 Å². The molecule has 1 N–H and O–H groups in total. The van der Waals surface area contributed by atoms with E-state index in [2.05, 4.69) is 36.5 Å². The molecule has 0 radical (unpaired) electrons. The minimum atomic E-state index is 0.421. The van der Waals surface area contributed by atoms with Crippen LogP contribution in [0.15, 0.2) is 36.4 Å².